The zero-order valence-corrected chi connectivity index (χ0v) is 22.1. The van der Waals surface area contributed by atoms with Crippen LogP contribution in [0.4, 0.5) is 0 Å². The van der Waals surface area contributed by atoms with Crippen LogP contribution in [0.5, 0.6) is 0 Å². The SMILES string of the molecule is C[C@@]12CC[C@@H]3[C@@](CC[C@H]4[C@@]3(C)CCC[C@@]4(C)C(=O)OCC[N+](C)(C)C)(CC1=O)C2.[I-]. The van der Waals surface area contributed by atoms with E-state index >= 15 is 0 Å². The summed E-state index contributed by atoms with van der Waals surface area (Å²) < 4.78 is 6.68. The Morgan fingerprint density at radius 1 is 1.03 bits per heavy atom. The van der Waals surface area contributed by atoms with Gasteiger partial charge < -0.3 is 33.2 Å². The van der Waals surface area contributed by atoms with Crippen molar-refractivity contribution in [2.24, 2.45) is 33.5 Å². The second-order valence-electron chi connectivity index (χ2n) is 12.8. The van der Waals surface area contributed by atoms with Crippen LogP contribution >= 0.6 is 0 Å². The molecule has 0 heterocycles. The Morgan fingerprint density at radius 3 is 2.37 bits per heavy atom. The van der Waals surface area contributed by atoms with E-state index in [-0.39, 0.29) is 51.6 Å². The van der Waals surface area contributed by atoms with Gasteiger partial charge in [0.25, 0.3) is 0 Å². The third kappa shape index (κ3) is 3.68. The maximum atomic E-state index is 13.3. The van der Waals surface area contributed by atoms with E-state index in [1.165, 1.54) is 12.8 Å². The first-order chi connectivity index (χ1) is 13.3. The van der Waals surface area contributed by atoms with Gasteiger partial charge in [-0.05, 0) is 74.5 Å². The smallest absolute Gasteiger partial charge is 0.312 e. The number of ether oxygens (including phenoxy) is 1. The number of ketones is 1. The van der Waals surface area contributed by atoms with Crippen molar-refractivity contribution in [1.29, 1.82) is 0 Å². The monoisotopic (exact) mass is 531 g/mol. The van der Waals surface area contributed by atoms with Crippen LogP contribution in [0.25, 0.3) is 0 Å². The average molecular weight is 532 g/mol. The van der Waals surface area contributed by atoms with Gasteiger partial charge in [-0.2, -0.15) is 0 Å². The fourth-order valence-electron chi connectivity index (χ4n) is 8.33. The molecule has 4 aliphatic carbocycles. The number of carbonyl (C=O) groups excluding carboxylic acids is 2. The molecule has 6 atom stereocenters. The Labute approximate surface area is 200 Å². The molecule has 30 heavy (non-hydrogen) atoms. The topological polar surface area (TPSA) is 43.4 Å². The molecule has 0 amide bonds. The first-order valence-electron chi connectivity index (χ1n) is 11.9. The predicted octanol–water partition coefficient (Wildman–Crippen LogP) is 1.61. The number of hydrogen-bond acceptors (Lipinski definition) is 3. The lowest BCUT2D eigenvalue weighted by molar-refractivity contribution is -0.870. The molecule has 0 unspecified atom stereocenters. The molecule has 0 aromatic rings. The number of Topliss-reactive ketones (excluding diaryl/α,β-unsaturated/α-hetero) is 1. The average Bonchev–Trinajstić information content (AvgIpc) is 2.77. The Morgan fingerprint density at radius 2 is 1.70 bits per heavy atom. The minimum Gasteiger partial charge on any atom is -1.00 e. The van der Waals surface area contributed by atoms with Crippen LogP contribution in [-0.4, -0.2) is 50.5 Å². The van der Waals surface area contributed by atoms with Crippen molar-refractivity contribution < 1.29 is 42.8 Å². The highest BCUT2D eigenvalue weighted by Crippen LogP contribution is 2.73. The van der Waals surface area contributed by atoms with Crippen molar-refractivity contribution in [1.82, 2.24) is 0 Å². The van der Waals surface area contributed by atoms with E-state index < -0.39 is 0 Å². The molecule has 0 aromatic carbocycles. The van der Waals surface area contributed by atoms with Gasteiger partial charge in [0.05, 0.1) is 26.6 Å². The van der Waals surface area contributed by atoms with Crippen LogP contribution in [0.2, 0.25) is 0 Å². The van der Waals surface area contributed by atoms with Crippen molar-refractivity contribution in [3.63, 3.8) is 0 Å². The Balaban J connectivity index is 0.00000256. The molecule has 0 saturated heterocycles. The maximum Gasteiger partial charge on any atom is 0.312 e. The van der Waals surface area contributed by atoms with Crippen molar-refractivity contribution in [2.45, 2.75) is 78.6 Å². The van der Waals surface area contributed by atoms with E-state index in [2.05, 4.69) is 41.9 Å². The predicted molar refractivity (Wildman–Crippen MR) is 114 cm³/mol. The van der Waals surface area contributed by atoms with Crippen LogP contribution in [0.1, 0.15) is 78.6 Å². The van der Waals surface area contributed by atoms with Gasteiger partial charge in [-0.15, -0.1) is 0 Å². The summed E-state index contributed by atoms with van der Waals surface area (Å²) in [6.07, 6.45) is 9.57. The summed E-state index contributed by atoms with van der Waals surface area (Å²) in [5, 5.41) is 0. The number of quaternary nitrogens is 1. The number of nitrogens with zero attached hydrogens (tertiary/aromatic N) is 1. The number of fused-ring (bicyclic) bond motifs is 3. The van der Waals surface area contributed by atoms with Gasteiger partial charge in [0, 0.05) is 11.8 Å². The van der Waals surface area contributed by atoms with E-state index in [1.807, 2.05) is 0 Å². The lowest BCUT2D eigenvalue weighted by Crippen LogP contribution is -3.00. The van der Waals surface area contributed by atoms with Crippen molar-refractivity contribution in [3.05, 3.63) is 0 Å². The largest absolute Gasteiger partial charge is 1.00 e. The molecule has 172 valence electrons. The van der Waals surface area contributed by atoms with Gasteiger partial charge in [-0.1, -0.05) is 20.3 Å². The lowest BCUT2D eigenvalue weighted by atomic mass is 9.40. The van der Waals surface area contributed by atoms with E-state index in [4.69, 9.17) is 4.74 Å². The van der Waals surface area contributed by atoms with E-state index in [1.54, 1.807) is 0 Å². The summed E-state index contributed by atoms with van der Waals surface area (Å²) in [5.41, 5.74) is -0.0673. The van der Waals surface area contributed by atoms with Crippen molar-refractivity contribution in [3.8, 4) is 0 Å². The van der Waals surface area contributed by atoms with Crippen molar-refractivity contribution in [2.75, 3.05) is 34.3 Å². The summed E-state index contributed by atoms with van der Waals surface area (Å²) in [4.78, 5) is 26.2. The number of rotatable bonds is 4. The molecule has 0 aliphatic heterocycles. The molecule has 4 saturated carbocycles. The zero-order chi connectivity index (χ0) is 21.3. The molecule has 2 bridgehead atoms. The summed E-state index contributed by atoms with van der Waals surface area (Å²) in [7, 11) is 6.40. The first kappa shape index (κ1) is 24.5. The molecule has 4 aliphatic rings. The maximum absolute atomic E-state index is 13.3. The molecule has 0 N–H and O–H groups in total. The second-order valence-corrected chi connectivity index (χ2v) is 12.8. The third-order valence-electron chi connectivity index (χ3n) is 9.82. The van der Waals surface area contributed by atoms with Crippen LogP contribution in [0, 0.1) is 33.5 Å². The van der Waals surface area contributed by atoms with E-state index in [0.29, 0.717) is 24.2 Å². The molecule has 4 rings (SSSR count). The highest BCUT2D eigenvalue weighted by molar-refractivity contribution is 5.88. The van der Waals surface area contributed by atoms with Gasteiger partial charge in [0.2, 0.25) is 0 Å². The number of hydrogen-bond donors (Lipinski definition) is 0. The highest BCUT2D eigenvalue weighted by Gasteiger charge is 2.68. The molecular formula is C25H42INO3. The molecular weight excluding hydrogens is 489 g/mol. The van der Waals surface area contributed by atoms with Gasteiger partial charge in [-0.25, -0.2) is 0 Å². The van der Waals surface area contributed by atoms with Gasteiger partial charge in [0.1, 0.15) is 18.9 Å². The van der Waals surface area contributed by atoms with Gasteiger partial charge in [0.15, 0.2) is 0 Å². The number of halogens is 1. The molecule has 0 aromatic heterocycles. The molecule has 0 radical (unpaired) electrons. The number of likely N-dealkylation sites (N-methyl/N-ethyl adjacent to an activating group) is 1. The Hall–Kier alpha value is -0.170. The summed E-state index contributed by atoms with van der Waals surface area (Å²) in [6, 6.07) is 0. The van der Waals surface area contributed by atoms with E-state index in [0.717, 1.165) is 56.0 Å². The summed E-state index contributed by atoms with van der Waals surface area (Å²) >= 11 is 0. The van der Waals surface area contributed by atoms with E-state index in [9.17, 15) is 9.59 Å². The Kier molecular flexibility index (Phi) is 6.29. The quantitative estimate of drug-likeness (QED) is 0.315. The number of esters is 1. The standard InChI is InChI=1S/C25H42NO3.HI/c1-22-12-8-19-23(2)10-7-11-24(3,21(28)29-15-14-26(4,5)6)18(23)9-13-25(19,17-22)16-20(22)27;/h18-19H,7-17H2,1-6H3;1H/q+1;/p-1/t18-,19-,22-,23+,24+,25-;/m0./s1. The first-order valence-corrected chi connectivity index (χ1v) is 11.9. The van der Waals surface area contributed by atoms with Crippen LogP contribution in [0.15, 0.2) is 0 Å². The van der Waals surface area contributed by atoms with Crippen molar-refractivity contribution >= 4 is 11.8 Å². The zero-order valence-electron chi connectivity index (χ0n) is 20.0. The molecule has 1 spiro atoms. The van der Waals surface area contributed by atoms with Crippen LogP contribution in [-0.2, 0) is 14.3 Å². The minimum absolute atomic E-state index is 0. The Bertz CT molecular complexity index is 718. The third-order valence-corrected chi connectivity index (χ3v) is 9.82. The lowest BCUT2D eigenvalue weighted by Gasteiger charge is -2.63. The fraction of sp³-hybridized carbons (Fsp3) is 0.920. The highest BCUT2D eigenvalue weighted by atomic mass is 127. The van der Waals surface area contributed by atoms with Crippen LogP contribution in [0.3, 0.4) is 0 Å². The van der Waals surface area contributed by atoms with Crippen LogP contribution < -0.4 is 24.0 Å². The number of carbonyl (C=O) groups is 2. The summed E-state index contributed by atoms with van der Waals surface area (Å²) in [5.74, 6) is 1.52. The summed E-state index contributed by atoms with van der Waals surface area (Å²) in [6.45, 7) is 8.21. The minimum atomic E-state index is -0.372. The molecule has 4 fully saturated rings. The normalized spacial score (nSPS) is 45.2. The van der Waals surface area contributed by atoms with Gasteiger partial charge >= 0.3 is 5.97 Å². The fourth-order valence-corrected chi connectivity index (χ4v) is 8.33. The molecule has 5 heteroatoms. The second kappa shape index (κ2) is 7.71. The van der Waals surface area contributed by atoms with Gasteiger partial charge in [-0.3, -0.25) is 9.59 Å². The molecule has 4 nitrogen and oxygen atoms in total.